The molecule has 17 heavy (non-hydrogen) atoms. The van der Waals surface area contributed by atoms with Crippen molar-refractivity contribution < 1.29 is 9.32 Å². The fraction of sp³-hybridized carbons (Fsp3) is 0.692. The molecule has 2 rings (SSSR count). The third-order valence-electron chi connectivity index (χ3n) is 3.45. The number of aromatic nitrogens is 1. The highest BCUT2D eigenvalue weighted by Crippen LogP contribution is 2.40. The van der Waals surface area contributed by atoms with Crippen LogP contribution in [0.2, 0.25) is 0 Å². The highest BCUT2D eigenvalue weighted by Gasteiger charge is 2.28. The van der Waals surface area contributed by atoms with Crippen molar-refractivity contribution >= 4 is 5.91 Å². The SMILES string of the molecule is CCC(CC)CNC(=O)c1cc(C2CC2)on1. The minimum absolute atomic E-state index is 0.118. The zero-order chi connectivity index (χ0) is 12.3. The lowest BCUT2D eigenvalue weighted by molar-refractivity contribution is 0.0937. The topological polar surface area (TPSA) is 55.1 Å². The lowest BCUT2D eigenvalue weighted by Crippen LogP contribution is -2.29. The highest BCUT2D eigenvalue weighted by atomic mass is 16.5. The molecule has 1 N–H and O–H groups in total. The average molecular weight is 236 g/mol. The summed E-state index contributed by atoms with van der Waals surface area (Å²) in [5.41, 5.74) is 0.415. The van der Waals surface area contributed by atoms with Crippen molar-refractivity contribution in [1.29, 1.82) is 0 Å². The van der Waals surface area contributed by atoms with Gasteiger partial charge in [0.25, 0.3) is 5.91 Å². The van der Waals surface area contributed by atoms with E-state index in [0.29, 0.717) is 17.5 Å². The molecule has 0 aromatic carbocycles. The van der Waals surface area contributed by atoms with E-state index in [1.165, 1.54) is 0 Å². The van der Waals surface area contributed by atoms with Crippen LogP contribution in [0.15, 0.2) is 10.6 Å². The fourth-order valence-electron chi connectivity index (χ4n) is 1.86. The molecule has 1 aromatic heterocycles. The van der Waals surface area contributed by atoms with E-state index in [4.69, 9.17) is 4.52 Å². The molecule has 0 radical (unpaired) electrons. The summed E-state index contributed by atoms with van der Waals surface area (Å²) in [7, 11) is 0. The number of rotatable bonds is 6. The number of amides is 1. The summed E-state index contributed by atoms with van der Waals surface area (Å²) in [4.78, 5) is 11.8. The van der Waals surface area contributed by atoms with Gasteiger partial charge in [-0.05, 0) is 18.8 Å². The third-order valence-corrected chi connectivity index (χ3v) is 3.45. The molecule has 1 amide bonds. The molecular formula is C13H20N2O2. The smallest absolute Gasteiger partial charge is 0.273 e. The molecule has 0 atom stereocenters. The van der Waals surface area contributed by atoms with E-state index in [2.05, 4.69) is 24.3 Å². The quantitative estimate of drug-likeness (QED) is 0.826. The number of hydrogen-bond donors (Lipinski definition) is 1. The van der Waals surface area contributed by atoms with Gasteiger partial charge in [-0.15, -0.1) is 0 Å². The number of nitrogens with zero attached hydrogens (tertiary/aromatic N) is 1. The molecule has 4 heteroatoms. The van der Waals surface area contributed by atoms with Gasteiger partial charge in [-0.25, -0.2) is 0 Å². The Balaban J connectivity index is 1.85. The van der Waals surface area contributed by atoms with Crippen LogP contribution in [0.25, 0.3) is 0 Å². The molecule has 1 aliphatic carbocycles. The Bertz CT molecular complexity index is 379. The molecule has 4 nitrogen and oxygen atoms in total. The van der Waals surface area contributed by atoms with Crippen LogP contribution in [-0.4, -0.2) is 17.6 Å². The van der Waals surface area contributed by atoms with Gasteiger partial charge in [0, 0.05) is 18.5 Å². The van der Waals surface area contributed by atoms with Gasteiger partial charge in [0.1, 0.15) is 5.76 Å². The molecule has 0 bridgehead atoms. The minimum atomic E-state index is -0.118. The van der Waals surface area contributed by atoms with Crippen molar-refractivity contribution in [2.24, 2.45) is 5.92 Å². The van der Waals surface area contributed by atoms with Gasteiger partial charge in [-0.1, -0.05) is 31.8 Å². The second-order valence-corrected chi connectivity index (χ2v) is 4.78. The zero-order valence-corrected chi connectivity index (χ0v) is 10.5. The molecule has 94 valence electrons. The second kappa shape index (κ2) is 5.34. The molecule has 1 aromatic rings. The van der Waals surface area contributed by atoms with E-state index in [9.17, 15) is 4.79 Å². The second-order valence-electron chi connectivity index (χ2n) is 4.78. The Morgan fingerprint density at radius 1 is 1.53 bits per heavy atom. The maximum atomic E-state index is 11.8. The first-order valence-corrected chi connectivity index (χ1v) is 6.49. The Hall–Kier alpha value is -1.32. The average Bonchev–Trinajstić information content (AvgIpc) is 3.08. The molecular weight excluding hydrogens is 216 g/mol. The fourth-order valence-corrected chi connectivity index (χ4v) is 1.86. The summed E-state index contributed by atoms with van der Waals surface area (Å²) in [6.45, 7) is 5.00. The first-order valence-electron chi connectivity index (χ1n) is 6.49. The van der Waals surface area contributed by atoms with Crippen molar-refractivity contribution in [2.45, 2.75) is 45.4 Å². The van der Waals surface area contributed by atoms with E-state index in [1.807, 2.05) is 0 Å². The predicted octanol–water partition coefficient (Wildman–Crippen LogP) is 2.72. The summed E-state index contributed by atoms with van der Waals surface area (Å²) < 4.78 is 5.16. The summed E-state index contributed by atoms with van der Waals surface area (Å²) in [5, 5.41) is 6.73. The van der Waals surface area contributed by atoms with E-state index >= 15 is 0 Å². The van der Waals surface area contributed by atoms with E-state index in [1.54, 1.807) is 6.07 Å². The zero-order valence-electron chi connectivity index (χ0n) is 10.5. The Morgan fingerprint density at radius 3 is 2.82 bits per heavy atom. The van der Waals surface area contributed by atoms with Crippen LogP contribution in [0, 0.1) is 5.92 Å². The summed E-state index contributed by atoms with van der Waals surface area (Å²) in [6.07, 6.45) is 4.49. The molecule has 1 heterocycles. The number of carbonyl (C=O) groups excluding carboxylic acids is 1. The molecule has 1 fully saturated rings. The van der Waals surface area contributed by atoms with Gasteiger partial charge >= 0.3 is 0 Å². The predicted molar refractivity (Wildman–Crippen MR) is 64.9 cm³/mol. The van der Waals surface area contributed by atoms with Crippen LogP contribution < -0.4 is 5.32 Å². The summed E-state index contributed by atoms with van der Waals surface area (Å²) >= 11 is 0. The molecule has 0 spiro atoms. The van der Waals surface area contributed by atoms with Crippen LogP contribution in [0.1, 0.15) is 61.7 Å². The van der Waals surface area contributed by atoms with Crippen LogP contribution in [-0.2, 0) is 0 Å². The van der Waals surface area contributed by atoms with Gasteiger partial charge in [-0.2, -0.15) is 0 Å². The van der Waals surface area contributed by atoms with Crippen LogP contribution in [0.3, 0.4) is 0 Å². The van der Waals surface area contributed by atoms with Crippen molar-refractivity contribution in [1.82, 2.24) is 10.5 Å². The Morgan fingerprint density at radius 2 is 2.24 bits per heavy atom. The highest BCUT2D eigenvalue weighted by molar-refractivity contribution is 5.92. The monoisotopic (exact) mass is 236 g/mol. The van der Waals surface area contributed by atoms with E-state index in [0.717, 1.165) is 38.0 Å². The Kier molecular flexibility index (Phi) is 3.82. The molecule has 1 saturated carbocycles. The standard InChI is InChI=1S/C13H20N2O2/c1-3-9(4-2)8-14-13(16)11-7-12(17-15-11)10-5-6-10/h7,9-10H,3-6,8H2,1-2H3,(H,14,16). The lowest BCUT2D eigenvalue weighted by atomic mass is 10.0. The van der Waals surface area contributed by atoms with Crippen molar-refractivity contribution in [3.8, 4) is 0 Å². The normalized spacial score (nSPS) is 15.2. The molecule has 0 saturated heterocycles. The van der Waals surface area contributed by atoms with Crippen molar-refractivity contribution in [2.75, 3.05) is 6.54 Å². The van der Waals surface area contributed by atoms with E-state index < -0.39 is 0 Å². The molecule has 0 aliphatic heterocycles. The van der Waals surface area contributed by atoms with Gasteiger partial charge in [-0.3, -0.25) is 4.79 Å². The number of nitrogens with one attached hydrogen (secondary N) is 1. The number of hydrogen-bond acceptors (Lipinski definition) is 3. The number of carbonyl (C=O) groups is 1. The lowest BCUT2D eigenvalue weighted by Gasteiger charge is -2.11. The third kappa shape index (κ3) is 3.08. The van der Waals surface area contributed by atoms with Crippen LogP contribution in [0.4, 0.5) is 0 Å². The first-order chi connectivity index (χ1) is 8.24. The van der Waals surface area contributed by atoms with Crippen molar-refractivity contribution in [3.63, 3.8) is 0 Å². The summed E-state index contributed by atoms with van der Waals surface area (Å²) in [6, 6.07) is 1.78. The maximum absolute atomic E-state index is 11.8. The van der Waals surface area contributed by atoms with E-state index in [-0.39, 0.29) is 5.91 Å². The molecule has 0 unspecified atom stereocenters. The first kappa shape index (κ1) is 12.1. The minimum Gasteiger partial charge on any atom is -0.360 e. The van der Waals surface area contributed by atoms with Gasteiger partial charge in [0.05, 0.1) is 0 Å². The largest absolute Gasteiger partial charge is 0.360 e. The van der Waals surface area contributed by atoms with Gasteiger partial charge < -0.3 is 9.84 Å². The van der Waals surface area contributed by atoms with Gasteiger partial charge in [0.2, 0.25) is 0 Å². The van der Waals surface area contributed by atoms with Gasteiger partial charge in [0.15, 0.2) is 5.69 Å². The van der Waals surface area contributed by atoms with Crippen LogP contribution in [0.5, 0.6) is 0 Å². The molecule has 1 aliphatic rings. The van der Waals surface area contributed by atoms with Crippen molar-refractivity contribution in [3.05, 3.63) is 17.5 Å². The maximum Gasteiger partial charge on any atom is 0.273 e. The summed E-state index contributed by atoms with van der Waals surface area (Å²) in [5.74, 6) is 1.79. The Labute approximate surface area is 102 Å². The van der Waals surface area contributed by atoms with Crippen LogP contribution >= 0.6 is 0 Å².